The number of hydrogen-bond acceptors (Lipinski definition) is 5. The summed E-state index contributed by atoms with van der Waals surface area (Å²) in [4.78, 5) is 44.9. The molecule has 0 aliphatic carbocycles. The fourth-order valence-electron chi connectivity index (χ4n) is 5.33. The summed E-state index contributed by atoms with van der Waals surface area (Å²) in [6.45, 7) is 8.29. The maximum Gasteiger partial charge on any atom is 0.251 e. The van der Waals surface area contributed by atoms with Gasteiger partial charge in [-0.05, 0) is 62.1 Å². The first-order valence-electron chi connectivity index (χ1n) is 14.4. The lowest BCUT2D eigenvalue weighted by Crippen LogP contribution is -2.56. The van der Waals surface area contributed by atoms with Gasteiger partial charge in [-0.25, -0.2) is 0 Å². The first-order chi connectivity index (χ1) is 20.0. The van der Waals surface area contributed by atoms with Gasteiger partial charge in [0.2, 0.25) is 11.8 Å². The molecule has 1 unspecified atom stereocenters. The SMILES string of the molecule is Cc1ccccc1CNC(=O)[C@H]1N(C(=O)[C@@H](C)C(Cc2ccccc2)NC(=O)c2cccc(N(C)C)c2)CSC1(C)C. The van der Waals surface area contributed by atoms with Gasteiger partial charge in [0.25, 0.3) is 5.91 Å². The van der Waals surface area contributed by atoms with E-state index in [2.05, 4.69) is 10.6 Å². The van der Waals surface area contributed by atoms with Gasteiger partial charge >= 0.3 is 0 Å². The monoisotopic (exact) mass is 586 g/mol. The second kappa shape index (κ2) is 13.5. The van der Waals surface area contributed by atoms with Crippen LogP contribution in [0.1, 0.15) is 47.8 Å². The molecule has 3 aromatic rings. The van der Waals surface area contributed by atoms with Crippen LogP contribution >= 0.6 is 11.8 Å². The zero-order valence-electron chi connectivity index (χ0n) is 25.4. The highest BCUT2D eigenvalue weighted by molar-refractivity contribution is 8.00. The highest BCUT2D eigenvalue weighted by Gasteiger charge is 2.49. The van der Waals surface area contributed by atoms with Crippen molar-refractivity contribution >= 4 is 35.2 Å². The van der Waals surface area contributed by atoms with E-state index in [4.69, 9.17) is 0 Å². The maximum atomic E-state index is 14.1. The zero-order chi connectivity index (χ0) is 30.4. The van der Waals surface area contributed by atoms with Crippen molar-refractivity contribution in [2.45, 2.75) is 57.5 Å². The molecule has 0 spiro atoms. The molecule has 1 aliphatic rings. The summed E-state index contributed by atoms with van der Waals surface area (Å²) in [5.41, 5.74) is 4.63. The van der Waals surface area contributed by atoms with Crippen LogP contribution in [0.5, 0.6) is 0 Å². The molecule has 2 N–H and O–H groups in total. The predicted molar refractivity (Wildman–Crippen MR) is 172 cm³/mol. The van der Waals surface area contributed by atoms with E-state index < -0.39 is 22.7 Å². The van der Waals surface area contributed by atoms with Crippen molar-refractivity contribution in [2.24, 2.45) is 5.92 Å². The van der Waals surface area contributed by atoms with Crippen molar-refractivity contribution in [1.29, 1.82) is 0 Å². The third kappa shape index (κ3) is 7.34. The summed E-state index contributed by atoms with van der Waals surface area (Å²) in [6, 6.07) is 24.1. The van der Waals surface area contributed by atoms with E-state index in [9.17, 15) is 14.4 Å². The Morgan fingerprint density at radius 2 is 1.69 bits per heavy atom. The van der Waals surface area contributed by atoms with Crippen LogP contribution in [-0.2, 0) is 22.6 Å². The van der Waals surface area contributed by atoms with Crippen LogP contribution in [0.4, 0.5) is 5.69 Å². The molecular weight excluding hydrogens is 544 g/mol. The van der Waals surface area contributed by atoms with Gasteiger partial charge in [-0.3, -0.25) is 14.4 Å². The van der Waals surface area contributed by atoms with Gasteiger partial charge in [0, 0.05) is 42.7 Å². The van der Waals surface area contributed by atoms with Crippen LogP contribution in [0.2, 0.25) is 0 Å². The molecule has 1 fully saturated rings. The van der Waals surface area contributed by atoms with E-state index in [1.54, 1.807) is 22.7 Å². The lowest BCUT2D eigenvalue weighted by Gasteiger charge is -2.34. The fraction of sp³-hybridized carbons (Fsp3) is 0.382. The summed E-state index contributed by atoms with van der Waals surface area (Å²) in [5, 5.41) is 6.24. The third-order valence-electron chi connectivity index (χ3n) is 8.02. The first-order valence-corrected chi connectivity index (χ1v) is 15.4. The van der Waals surface area contributed by atoms with Crippen molar-refractivity contribution in [1.82, 2.24) is 15.5 Å². The molecule has 42 heavy (non-hydrogen) atoms. The molecular formula is C34H42N4O3S. The number of benzene rings is 3. The van der Waals surface area contributed by atoms with E-state index in [-0.39, 0.29) is 17.7 Å². The Kier molecular flexibility index (Phi) is 9.99. The Balaban J connectivity index is 1.55. The Labute approximate surface area is 254 Å². The average molecular weight is 587 g/mol. The molecule has 0 saturated carbocycles. The molecule has 1 heterocycles. The Bertz CT molecular complexity index is 1410. The zero-order valence-corrected chi connectivity index (χ0v) is 26.2. The number of carbonyl (C=O) groups excluding carboxylic acids is 3. The molecule has 0 bridgehead atoms. The smallest absolute Gasteiger partial charge is 0.251 e. The molecule has 1 saturated heterocycles. The minimum absolute atomic E-state index is 0.146. The van der Waals surface area contributed by atoms with Crippen molar-refractivity contribution < 1.29 is 14.4 Å². The second-order valence-electron chi connectivity index (χ2n) is 11.7. The second-order valence-corrected chi connectivity index (χ2v) is 13.3. The van der Waals surface area contributed by atoms with Crippen molar-refractivity contribution in [2.75, 3.05) is 24.9 Å². The lowest BCUT2D eigenvalue weighted by atomic mass is 9.91. The number of anilines is 1. The quantitative estimate of drug-likeness (QED) is 0.348. The molecule has 0 radical (unpaired) electrons. The highest BCUT2D eigenvalue weighted by atomic mass is 32.2. The van der Waals surface area contributed by atoms with E-state index in [1.807, 2.05) is 119 Å². The Hall–Kier alpha value is -3.78. The predicted octanol–water partition coefficient (Wildman–Crippen LogP) is 5.03. The minimum Gasteiger partial charge on any atom is -0.378 e. The number of nitrogens with one attached hydrogen (secondary N) is 2. The number of rotatable bonds is 10. The summed E-state index contributed by atoms with van der Waals surface area (Å²) < 4.78 is -0.462. The van der Waals surface area contributed by atoms with Crippen molar-refractivity contribution in [3.8, 4) is 0 Å². The van der Waals surface area contributed by atoms with Gasteiger partial charge in [-0.1, -0.05) is 67.6 Å². The number of hydrogen-bond donors (Lipinski definition) is 2. The average Bonchev–Trinajstić information content (AvgIpc) is 3.30. The lowest BCUT2D eigenvalue weighted by molar-refractivity contribution is -0.142. The molecule has 3 atom stereocenters. The van der Waals surface area contributed by atoms with Gasteiger partial charge in [0.15, 0.2) is 0 Å². The number of amides is 3. The highest BCUT2D eigenvalue weighted by Crippen LogP contribution is 2.40. The molecule has 222 valence electrons. The number of carbonyl (C=O) groups is 3. The number of thioether (sulfide) groups is 1. The maximum absolute atomic E-state index is 14.1. The summed E-state index contributed by atoms with van der Waals surface area (Å²) in [7, 11) is 3.86. The molecule has 7 nitrogen and oxygen atoms in total. The van der Waals surface area contributed by atoms with E-state index >= 15 is 0 Å². The van der Waals surface area contributed by atoms with Crippen LogP contribution < -0.4 is 15.5 Å². The van der Waals surface area contributed by atoms with Crippen LogP contribution in [0.3, 0.4) is 0 Å². The molecule has 3 amide bonds. The molecule has 4 rings (SSSR count). The van der Waals surface area contributed by atoms with E-state index in [1.165, 1.54) is 0 Å². The van der Waals surface area contributed by atoms with Gasteiger partial charge in [0.1, 0.15) is 6.04 Å². The summed E-state index contributed by atoms with van der Waals surface area (Å²) in [6.07, 6.45) is 0.487. The van der Waals surface area contributed by atoms with Crippen LogP contribution in [0, 0.1) is 12.8 Å². The largest absolute Gasteiger partial charge is 0.378 e. The fourth-order valence-corrected chi connectivity index (χ4v) is 6.47. The summed E-state index contributed by atoms with van der Waals surface area (Å²) in [5.74, 6) is -0.698. The van der Waals surface area contributed by atoms with E-state index in [0.717, 1.165) is 22.4 Å². The number of nitrogens with zero attached hydrogens (tertiary/aromatic N) is 2. The van der Waals surface area contributed by atoms with Crippen molar-refractivity contribution in [3.63, 3.8) is 0 Å². The summed E-state index contributed by atoms with van der Waals surface area (Å²) >= 11 is 1.60. The first kappa shape index (κ1) is 31.2. The molecule has 8 heteroatoms. The van der Waals surface area contributed by atoms with Gasteiger partial charge in [-0.2, -0.15) is 0 Å². The Morgan fingerprint density at radius 3 is 2.38 bits per heavy atom. The van der Waals surface area contributed by atoms with Gasteiger partial charge < -0.3 is 20.4 Å². The van der Waals surface area contributed by atoms with Gasteiger partial charge in [0.05, 0.1) is 11.8 Å². The van der Waals surface area contributed by atoms with Crippen LogP contribution in [0.15, 0.2) is 78.9 Å². The molecule has 0 aromatic heterocycles. The van der Waals surface area contributed by atoms with Crippen LogP contribution in [0.25, 0.3) is 0 Å². The van der Waals surface area contributed by atoms with Gasteiger partial charge in [-0.15, -0.1) is 11.8 Å². The van der Waals surface area contributed by atoms with Crippen LogP contribution in [-0.4, -0.2) is 59.4 Å². The molecule has 1 aliphatic heterocycles. The normalized spacial score (nSPS) is 17.3. The Morgan fingerprint density at radius 1 is 1.00 bits per heavy atom. The topological polar surface area (TPSA) is 81.8 Å². The molecule has 3 aromatic carbocycles. The number of aryl methyl sites for hydroxylation is 1. The van der Waals surface area contributed by atoms with Crippen molar-refractivity contribution in [3.05, 3.63) is 101 Å². The minimum atomic E-state index is -0.633. The van der Waals surface area contributed by atoms with E-state index in [0.29, 0.717) is 24.4 Å². The third-order valence-corrected chi connectivity index (χ3v) is 9.40. The standard InChI is InChI=1S/C34H42N4O3S/c1-23-13-10-11-16-27(23)21-35-32(40)30-34(3,4)42-22-38(30)33(41)24(2)29(19-25-14-8-7-9-15-25)36-31(39)26-17-12-18-28(20-26)37(5)6/h7-18,20,24,29-30H,19,21-22H2,1-6H3,(H,35,40)(H,36,39)/t24-,29?,30+/m0/s1.